The standard InChI is InChI=1S/C24H27N3O/c28-17-24(14-19-4-2-1-3-5-19)15-22-10-11-23(24)27(22)16-20-6-8-21(9-7-20)26-13-12-25-18-26/h1-9,12-13,18,22-23,28H,10-11,14-17H2/t22-,23+,24-/m0/s1. The lowest BCUT2D eigenvalue weighted by Gasteiger charge is -2.36. The molecule has 3 aromatic rings. The van der Waals surface area contributed by atoms with Gasteiger partial charge in [0.15, 0.2) is 0 Å². The molecule has 2 saturated heterocycles. The molecule has 3 heterocycles. The average molecular weight is 374 g/mol. The molecule has 2 aliphatic rings. The van der Waals surface area contributed by atoms with Gasteiger partial charge in [-0.3, -0.25) is 4.90 Å². The molecule has 28 heavy (non-hydrogen) atoms. The number of aliphatic hydroxyl groups excluding tert-OH is 1. The number of benzene rings is 2. The lowest BCUT2D eigenvalue weighted by molar-refractivity contribution is 0.0751. The monoisotopic (exact) mass is 373 g/mol. The molecule has 2 bridgehead atoms. The van der Waals surface area contributed by atoms with Crippen molar-refractivity contribution < 1.29 is 5.11 Å². The molecule has 0 saturated carbocycles. The second-order valence-corrected chi connectivity index (χ2v) is 8.44. The zero-order chi connectivity index (χ0) is 19.0. The Hall–Kier alpha value is -2.43. The van der Waals surface area contributed by atoms with Crippen LogP contribution in [0.2, 0.25) is 0 Å². The lowest BCUT2D eigenvalue weighted by atomic mass is 9.70. The number of imidazole rings is 1. The van der Waals surface area contributed by atoms with E-state index in [1.165, 1.54) is 24.0 Å². The maximum atomic E-state index is 10.4. The van der Waals surface area contributed by atoms with Gasteiger partial charge >= 0.3 is 0 Å². The van der Waals surface area contributed by atoms with Gasteiger partial charge in [0, 0.05) is 42.1 Å². The van der Waals surface area contributed by atoms with Crippen LogP contribution in [-0.4, -0.2) is 38.2 Å². The molecule has 0 spiro atoms. The predicted molar refractivity (Wildman–Crippen MR) is 110 cm³/mol. The fraction of sp³-hybridized carbons (Fsp3) is 0.375. The molecular formula is C24H27N3O. The summed E-state index contributed by atoms with van der Waals surface area (Å²) in [7, 11) is 0. The topological polar surface area (TPSA) is 41.3 Å². The van der Waals surface area contributed by atoms with E-state index in [1.54, 1.807) is 6.20 Å². The number of hydrogen-bond acceptors (Lipinski definition) is 3. The SMILES string of the molecule is OC[C@]1(Cc2ccccc2)C[C@@H]2CC[C@H]1N2Cc1ccc(-n2ccnc2)cc1. The van der Waals surface area contributed by atoms with Crippen molar-refractivity contribution in [2.75, 3.05) is 6.61 Å². The fourth-order valence-electron chi connectivity index (χ4n) is 5.47. The van der Waals surface area contributed by atoms with Crippen LogP contribution in [0.25, 0.3) is 5.69 Å². The molecule has 4 heteroatoms. The Morgan fingerprint density at radius 1 is 1.00 bits per heavy atom. The van der Waals surface area contributed by atoms with E-state index in [0.29, 0.717) is 12.1 Å². The van der Waals surface area contributed by atoms with Crippen LogP contribution in [0.5, 0.6) is 0 Å². The molecule has 2 fully saturated rings. The first-order chi connectivity index (χ1) is 13.8. The molecule has 2 aromatic carbocycles. The third kappa shape index (κ3) is 3.07. The van der Waals surface area contributed by atoms with Crippen molar-refractivity contribution in [2.45, 2.75) is 44.3 Å². The van der Waals surface area contributed by atoms with E-state index in [4.69, 9.17) is 0 Å². The molecule has 144 valence electrons. The second-order valence-electron chi connectivity index (χ2n) is 8.44. The molecule has 1 N–H and O–H groups in total. The zero-order valence-electron chi connectivity index (χ0n) is 16.1. The molecule has 3 atom stereocenters. The summed E-state index contributed by atoms with van der Waals surface area (Å²) in [6, 6.07) is 20.5. The molecule has 0 aliphatic carbocycles. The minimum absolute atomic E-state index is 0.00101. The van der Waals surface area contributed by atoms with Crippen molar-refractivity contribution in [3.63, 3.8) is 0 Å². The largest absolute Gasteiger partial charge is 0.396 e. The quantitative estimate of drug-likeness (QED) is 0.714. The lowest BCUT2D eigenvalue weighted by Crippen LogP contribution is -2.41. The molecule has 4 nitrogen and oxygen atoms in total. The minimum atomic E-state index is 0.00101. The van der Waals surface area contributed by atoms with Crippen LogP contribution in [0.4, 0.5) is 0 Å². The maximum absolute atomic E-state index is 10.4. The highest BCUT2D eigenvalue weighted by Gasteiger charge is 2.55. The Morgan fingerprint density at radius 3 is 2.54 bits per heavy atom. The van der Waals surface area contributed by atoms with Gasteiger partial charge in [0.25, 0.3) is 0 Å². The van der Waals surface area contributed by atoms with E-state index in [1.807, 2.05) is 17.1 Å². The number of aliphatic hydroxyl groups is 1. The molecule has 0 unspecified atom stereocenters. The Balaban J connectivity index is 1.34. The number of aromatic nitrogens is 2. The van der Waals surface area contributed by atoms with Gasteiger partial charge in [-0.05, 0) is 48.9 Å². The highest BCUT2D eigenvalue weighted by atomic mass is 16.3. The van der Waals surface area contributed by atoms with Gasteiger partial charge in [-0.15, -0.1) is 0 Å². The van der Waals surface area contributed by atoms with Crippen LogP contribution >= 0.6 is 0 Å². The Labute approximate surface area is 166 Å². The summed E-state index contributed by atoms with van der Waals surface area (Å²) in [6.45, 7) is 1.25. The summed E-state index contributed by atoms with van der Waals surface area (Å²) in [4.78, 5) is 6.78. The van der Waals surface area contributed by atoms with Crippen LogP contribution in [0, 0.1) is 5.41 Å². The van der Waals surface area contributed by atoms with Gasteiger partial charge in [0.1, 0.15) is 0 Å². The zero-order valence-corrected chi connectivity index (χ0v) is 16.1. The van der Waals surface area contributed by atoms with Crippen LogP contribution in [0.15, 0.2) is 73.3 Å². The summed E-state index contributed by atoms with van der Waals surface area (Å²) in [6.07, 6.45) is 10.1. The maximum Gasteiger partial charge on any atom is 0.0991 e. The fourth-order valence-corrected chi connectivity index (χ4v) is 5.47. The smallest absolute Gasteiger partial charge is 0.0991 e. The summed E-state index contributed by atoms with van der Waals surface area (Å²) < 4.78 is 2.03. The number of nitrogens with zero attached hydrogens (tertiary/aromatic N) is 3. The minimum Gasteiger partial charge on any atom is -0.396 e. The Bertz CT molecular complexity index is 907. The number of fused-ring (bicyclic) bond motifs is 2. The van der Waals surface area contributed by atoms with Crippen LogP contribution in [-0.2, 0) is 13.0 Å². The summed E-state index contributed by atoms with van der Waals surface area (Å²) in [5.41, 5.74) is 3.82. The molecule has 1 aromatic heterocycles. The van der Waals surface area contributed by atoms with Crippen molar-refractivity contribution in [1.82, 2.24) is 14.5 Å². The van der Waals surface area contributed by atoms with E-state index in [-0.39, 0.29) is 12.0 Å². The summed E-state index contributed by atoms with van der Waals surface area (Å²) in [5.74, 6) is 0. The van der Waals surface area contributed by atoms with Gasteiger partial charge in [-0.25, -0.2) is 4.98 Å². The van der Waals surface area contributed by atoms with Crippen molar-refractivity contribution in [2.24, 2.45) is 5.41 Å². The normalized spacial score (nSPS) is 26.8. The van der Waals surface area contributed by atoms with Crippen molar-refractivity contribution in [1.29, 1.82) is 0 Å². The van der Waals surface area contributed by atoms with Gasteiger partial charge in [0.2, 0.25) is 0 Å². The van der Waals surface area contributed by atoms with Crippen LogP contribution in [0.1, 0.15) is 30.4 Å². The van der Waals surface area contributed by atoms with Crippen LogP contribution in [0.3, 0.4) is 0 Å². The van der Waals surface area contributed by atoms with Crippen molar-refractivity contribution >= 4 is 0 Å². The Kier molecular flexibility index (Phi) is 4.53. The van der Waals surface area contributed by atoms with Gasteiger partial charge in [-0.1, -0.05) is 42.5 Å². The first-order valence-corrected chi connectivity index (χ1v) is 10.3. The van der Waals surface area contributed by atoms with E-state index in [2.05, 4.69) is 64.5 Å². The molecule has 0 amide bonds. The number of rotatable bonds is 6. The highest BCUT2D eigenvalue weighted by Crippen LogP contribution is 2.51. The van der Waals surface area contributed by atoms with Gasteiger partial charge < -0.3 is 9.67 Å². The molecular weight excluding hydrogens is 346 g/mol. The molecule has 0 radical (unpaired) electrons. The summed E-state index contributed by atoms with van der Waals surface area (Å²) >= 11 is 0. The predicted octanol–water partition coefficient (Wildman–Crippen LogP) is 3.83. The van der Waals surface area contributed by atoms with E-state index in [0.717, 1.165) is 25.1 Å². The first kappa shape index (κ1) is 17.7. The average Bonchev–Trinajstić information content (AvgIpc) is 3.46. The van der Waals surface area contributed by atoms with E-state index in [9.17, 15) is 5.11 Å². The van der Waals surface area contributed by atoms with Crippen molar-refractivity contribution in [3.05, 3.63) is 84.4 Å². The van der Waals surface area contributed by atoms with E-state index < -0.39 is 0 Å². The summed E-state index contributed by atoms with van der Waals surface area (Å²) in [5, 5.41) is 10.4. The number of hydrogen-bond donors (Lipinski definition) is 1. The molecule has 5 rings (SSSR count). The van der Waals surface area contributed by atoms with Gasteiger partial charge in [0.05, 0.1) is 12.9 Å². The van der Waals surface area contributed by atoms with Crippen LogP contribution < -0.4 is 0 Å². The third-order valence-electron chi connectivity index (χ3n) is 6.81. The highest BCUT2D eigenvalue weighted by molar-refractivity contribution is 5.35. The second kappa shape index (κ2) is 7.19. The Morgan fingerprint density at radius 2 is 1.82 bits per heavy atom. The van der Waals surface area contributed by atoms with Gasteiger partial charge in [-0.2, -0.15) is 0 Å². The molecule has 2 aliphatic heterocycles. The van der Waals surface area contributed by atoms with E-state index >= 15 is 0 Å². The first-order valence-electron chi connectivity index (χ1n) is 10.3. The third-order valence-corrected chi connectivity index (χ3v) is 6.81. The van der Waals surface area contributed by atoms with Crippen molar-refractivity contribution in [3.8, 4) is 5.69 Å².